The highest BCUT2D eigenvalue weighted by atomic mass is 16.5. The third-order valence-corrected chi connectivity index (χ3v) is 4.47. The lowest BCUT2D eigenvalue weighted by atomic mass is 9.89. The Morgan fingerprint density at radius 3 is 3.09 bits per heavy atom. The third-order valence-electron chi connectivity index (χ3n) is 4.47. The van der Waals surface area contributed by atoms with Crippen LogP contribution < -0.4 is 5.32 Å². The average molecular weight is 303 g/mol. The molecule has 2 aliphatic rings. The van der Waals surface area contributed by atoms with Gasteiger partial charge >= 0.3 is 0 Å². The molecule has 0 aromatic carbocycles. The lowest BCUT2D eigenvalue weighted by molar-refractivity contribution is -0.140. The molecular formula is C16H21N3O3. The number of carbonyl (C=O) groups is 2. The normalized spacial score (nSPS) is 27.3. The minimum Gasteiger partial charge on any atom is -0.376 e. The quantitative estimate of drug-likeness (QED) is 0.893. The first-order valence-electron chi connectivity index (χ1n) is 7.70. The standard InChI is InChI=1S/C16H21N3O3/c1-11(20)19-10-13(7-15-14(19)4-6-22-15)16(21)18-9-12-3-2-5-17-8-12/h2-3,5,8,13-15H,4,6-7,9-10H2,1H3,(H,18,21)/t13-,14+,15+/m0/s1. The third kappa shape index (κ3) is 3.11. The van der Waals surface area contributed by atoms with Gasteiger partial charge in [-0.25, -0.2) is 0 Å². The number of fused-ring (bicyclic) bond motifs is 1. The Bertz CT molecular complexity index is 549. The molecule has 118 valence electrons. The lowest BCUT2D eigenvalue weighted by Crippen LogP contribution is -2.54. The summed E-state index contributed by atoms with van der Waals surface area (Å²) in [4.78, 5) is 30.1. The molecule has 0 unspecified atom stereocenters. The molecule has 3 rings (SSSR count). The summed E-state index contributed by atoms with van der Waals surface area (Å²) in [5.74, 6) is -0.214. The zero-order chi connectivity index (χ0) is 15.5. The molecule has 0 aliphatic carbocycles. The van der Waals surface area contributed by atoms with E-state index in [1.54, 1.807) is 24.2 Å². The van der Waals surface area contributed by atoms with Gasteiger partial charge in [0.05, 0.1) is 18.1 Å². The van der Waals surface area contributed by atoms with Gasteiger partial charge in [0.15, 0.2) is 0 Å². The molecule has 3 atom stereocenters. The van der Waals surface area contributed by atoms with Crippen molar-refractivity contribution in [2.24, 2.45) is 5.92 Å². The fourth-order valence-electron chi connectivity index (χ4n) is 3.33. The van der Waals surface area contributed by atoms with E-state index in [2.05, 4.69) is 10.3 Å². The zero-order valence-corrected chi connectivity index (χ0v) is 12.7. The van der Waals surface area contributed by atoms with Gasteiger partial charge in [0.1, 0.15) is 0 Å². The number of nitrogens with zero attached hydrogens (tertiary/aromatic N) is 2. The van der Waals surface area contributed by atoms with Crippen molar-refractivity contribution in [3.63, 3.8) is 0 Å². The molecule has 6 heteroatoms. The highest BCUT2D eigenvalue weighted by Crippen LogP contribution is 2.31. The number of piperidine rings is 1. The van der Waals surface area contributed by atoms with Crippen molar-refractivity contribution in [2.75, 3.05) is 13.2 Å². The van der Waals surface area contributed by atoms with Crippen LogP contribution in [-0.4, -0.2) is 47.0 Å². The Labute approximate surface area is 129 Å². The van der Waals surface area contributed by atoms with E-state index in [-0.39, 0.29) is 29.9 Å². The van der Waals surface area contributed by atoms with E-state index in [4.69, 9.17) is 4.74 Å². The van der Waals surface area contributed by atoms with Gasteiger partial charge in [-0.3, -0.25) is 14.6 Å². The molecule has 1 aromatic heterocycles. The molecule has 0 radical (unpaired) electrons. The number of hydrogen-bond donors (Lipinski definition) is 1. The van der Waals surface area contributed by atoms with E-state index >= 15 is 0 Å². The number of nitrogens with one attached hydrogen (secondary N) is 1. The molecule has 1 N–H and O–H groups in total. The van der Waals surface area contributed by atoms with Crippen molar-refractivity contribution in [1.82, 2.24) is 15.2 Å². The molecule has 22 heavy (non-hydrogen) atoms. The first-order chi connectivity index (χ1) is 10.6. The molecule has 1 aromatic rings. The SMILES string of the molecule is CC(=O)N1C[C@@H](C(=O)NCc2cccnc2)C[C@H]2OCC[C@H]21. The van der Waals surface area contributed by atoms with E-state index in [0.29, 0.717) is 26.1 Å². The Balaban J connectivity index is 1.61. The summed E-state index contributed by atoms with van der Waals surface area (Å²) >= 11 is 0. The van der Waals surface area contributed by atoms with Gasteiger partial charge in [-0.05, 0) is 24.5 Å². The fourth-order valence-corrected chi connectivity index (χ4v) is 3.33. The maximum absolute atomic E-state index is 12.4. The van der Waals surface area contributed by atoms with E-state index in [9.17, 15) is 9.59 Å². The van der Waals surface area contributed by atoms with Crippen LogP contribution >= 0.6 is 0 Å². The van der Waals surface area contributed by atoms with E-state index < -0.39 is 0 Å². The van der Waals surface area contributed by atoms with Crippen molar-refractivity contribution >= 4 is 11.8 Å². The molecule has 2 saturated heterocycles. The van der Waals surface area contributed by atoms with Crippen LogP contribution in [0.1, 0.15) is 25.3 Å². The summed E-state index contributed by atoms with van der Waals surface area (Å²) in [6.45, 7) is 3.17. The Kier molecular flexibility index (Phi) is 4.38. The number of aromatic nitrogens is 1. The van der Waals surface area contributed by atoms with E-state index in [1.165, 1.54) is 0 Å². The second kappa shape index (κ2) is 6.44. The predicted molar refractivity (Wildman–Crippen MR) is 79.7 cm³/mol. The van der Waals surface area contributed by atoms with Gasteiger partial charge in [-0.1, -0.05) is 6.07 Å². The van der Waals surface area contributed by atoms with Crippen LogP contribution in [0, 0.1) is 5.92 Å². The Morgan fingerprint density at radius 2 is 2.36 bits per heavy atom. The van der Waals surface area contributed by atoms with Crippen LogP contribution in [-0.2, 0) is 20.9 Å². The number of ether oxygens (including phenoxy) is 1. The van der Waals surface area contributed by atoms with Crippen molar-refractivity contribution in [2.45, 2.75) is 38.5 Å². The lowest BCUT2D eigenvalue weighted by Gasteiger charge is -2.39. The van der Waals surface area contributed by atoms with Crippen LogP contribution in [0.15, 0.2) is 24.5 Å². The summed E-state index contributed by atoms with van der Waals surface area (Å²) in [6.07, 6.45) is 4.99. The first-order valence-corrected chi connectivity index (χ1v) is 7.70. The van der Waals surface area contributed by atoms with Crippen LogP contribution in [0.4, 0.5) is 0 Å². The molecular weight excluding hydrogens is 282 g/mol. The van der Waals surface area contributed by atoms with Crippen molar-refractivity contribution < 1.29 is 14.3 Å². The first kappa shape index (κ1) is 15.0. The van der Waals surface area contributed by atoms with Gasteiger partial charge in [-0.15, -0.1) is 0 Å². The highest BCUT2D eigenvalue weighted by Gasteiger charge is 2.43. The van der Waals surface area contributed by atoms with Crippen molar-refractivity contribution in [3.8, 4) is 0 Å². The van der Waals surface area contributed by atoms with Crippen LogP contribution in [0.5, 0.6) is 0 Å². The molecule has 6 nitrogen and oxygen atoms in total. The van der Waals surface area contributed by atoms with Crippen molar-refractivity contribution in [3.05, 3.63) is 30.1 Å². The Morgan fingerprint density at radius 1 is 1.50 bits per heavy atom. The van der Waals surface area contributed by atoms with Gasteiger partial charge in [0, 0.05) is 39.0 Å². The molecule has 0 bridgehead atoms. The largest absolute Gasteiger partial charge is 0.376 e. The number of likely N-dealkylation sites (tertiary alicyclic amines) is 1. The maximum Gasteiger partial charge on any atom is 0.225 e. The summed E-state index contributed by atoms with van der Waals surface area (Å²) in [5, 5.41) is 2.94. The monoisotopic (exact) mass is 303 g/mol. The smallest absolute Gasteiger partial charge is 0.225 e. The van der Waals surface area contributed by atoms with Crippen LogP contribution in [0.3, 0.4) is 0 Å². The second-order valence-corrected chi connectivity index (χ2v) is 5.95. The zero-order valence-electron chi connectivity index (χ0n) is 12.7. The topological polar surface area (TPSA) is 71.5 Å². The summed E-state index contributed by atoms with van der Waals surface area (Å²) in [7, 11) is 0. The highest BCUT2D eigenvalue weighted by molar-refractivity contribution is 5.81. The van der Waals surface area contributed by atoms with Crippen LogP contribution in [0.25, 0.3) is 0 Å². The van der Waals surface area contributed by atoms with Gasteiger partial charge in [0.25, 0.3) is 0 Å². The fraction of sp³-hybridized carbons (Fsp3) is 0.562. The maximum atomic E-state index is 12.4. The molecule has 2 fully saturated rings. The Hall–Kier alpha value is -1.95. The second-order valence-electron chi connectivity index (χ2n) is 5.95. The van der Waals surface area contributed by atoms with Crippen LogP contribution in [0.2, 0.25) is 0 Å². The van der Waals surface area contributed by atoms with Gasteiger partial charge in [-0.2, -0.15) is 0 Å². The van der Waals surface area contributed by atoms with Gasteiger partial charge in [0.2, 0.25) is 11.8 Å². The van der Waals surface area contributed by atoms with E-state index in [1.807, 2.05) is 12.1 Å². The molecule has 2 amide bonds. The number of amides is 2. The summed E-state index contributed by atoms with van der Waals surface area (Å²) in [5.41, 5.74) is 0.963. The number of hydrogen-bond acceptors (Lipinski definition) is 4. The minimum absolute atomic E-state index is 0.00760. The van der Waals surface area contributed by atoms with Crippen molar-refractivity contribution in [1.29, 1.82) is 0 Å². The predicted octanol–water partition coefficient (Wildman–Crippen LogP) is 0.724. The molecule has 3 heterocycles. The van der Waals surface area contributed by atoms with E-state index in [0.717, 1.165) is 12.0 Å². The number of rotatable bonds is 3. The number of pyridine rings is 1. The summed E-state index contributed by atoms with van der Waals surface area (Å²) < 4.78 is 5.70. The van der Waals surface area contributed by atoms with Gasteiger partial charge < -0.3 is 15.0 Å². The molecule has 0 saturated carbocycles. The average Bonchev–Trinajstić information content (AvgIpc) is 3.00. The molecule has 2 aliphatic heterocycles. The number of carbonyl (C=O) groups excluding carboxylic acids is 2. The minimum atomic E-state index is -0.208. The molecule has 0 spiro atoms. The summed E-state index contributed by atoms with van der Waals surface area (Å²) in [6, 6.07) is 3.91.